The third kappa shape index (κ3) is 4.48. The molecule has 1 aliphatic heterocycles. The normalized spacial score (nSPS) is 23.0. The summed E-state index contributed by atoms with van der Waals surface area (Å²) in [5.74, 6) is 1.36. The fourth-order valence-electron chi connectivity index (χ4n) is 4.12. The number of methoxy groups -OCH3 is 1. The maximum atomic E-state index is 12.1. The van der Waals surface area contributed by atoms with Crippen molar-refractivity contribution in [2.45, 2.75) is 37.8 Å². The van der Waals surface area contributed by atoms with Gasteiger partial charge in [-0.3, -0.25) is 14.5 Å². The van der Waals surface area contributed by atoms with Crippen molar-refractivity contribution in [3.05, 3.63) is 28.8 Å². The smallest absolute Gasteiger partial charge is 0.258 e. The Kier molecular flexibility index (Phi) is 6.64. The highest BCUT2D eigenvalue weighted by Crippen LogP contribution is 2.34. The van der Waals surface area contributed by atoms with Crippen LogP contribution in [0.3, 0.4) is 0 Å². The third-order valence-corrected chi connectivity index (χ3v) is 5.87. The van der Waals surface area contributed by atoms with Gasteiger partial charge in [0.15, 0.2) is 11.5 Å². The van der Waals surface area contributed by atoms with Gasteiger partial charge in [0.25, 0.3) is 5.56 Å². The number of hydrogen-bond donors (Lipinski definition) is 1. The number of rotatable bonds is 4. The van der Waals surface area contributed by atoms with Gasteiger partial charge < -0.3 is 19.4 Å². The number of nitrogens with one attached hydrogen (secondary N) is 1. The molecule has 0 radical (unpaired) electrons. The standard InChI is InChI=1S/C20H26N4O4.ClH/c1-23-7-8-24(11-19(23)25)13-3-5-14(6-4-13)28-18-9-15-16(10-17(18)27-2)21-12-22-20(15)26;/h9-10,12-14H,3-8,11H2,1-2H3,(H,21,22,26);1H. The van der Waals surface area contributed by atoms with Crippen LogP contribution in [-0.2, 0) is 4.79 Å². The minimum Gasteiger partial charge on any atom is -0.493 e. The summed E-state index contributed by atoms with van der Waals surface area (Å²) in [7, 11) is 3.45. The van der Waals surface area contributed by atoms with E-state index in [0.717, 1.165) is 38.8 Å². The van der Waals surface area contributed by atoms with E-state index in [2.05, 4.69) is 14.9 Å². The summed E-state index contributed by atoms with van der Waals surface area (Å²) < 4.78 is 11.7. The SMILES string of the molecule is COc1cc2nc[nH]c(=O)c2cc1OC1CCC(N2CCN(C)C(=O)C2)CC1.Cl. The molecule has 1 amide bonds. The second kappa shape index (κ2) is 9.00. The van der Waals surface area contributed by atoms with Crippen molar-refractivity contribution in [2.75, 3.05) is 33.8 Å². The number of fused-ring (bicyclic) bond motifs is 1. The van der Waals surface area contributed by atoms with Crippen molar-refractivity contribution in [2.24, 2.45) is 0 Å². The number of amides is 1. The lowest BCUT2D eigenvalue weighted by atomic mass is 9.91. The molecular weight excluding hydrogens is 396 g/mol. The number of nitrogens with zero attached hydrogens (tertiary/aromatic N) is 3. The number of likely N-dealkylation sites (N-methyl/N-ethyl adjacent to an activating group) is 1. The largest absolute Gasteiger partial charge is 0.493 e. The van der Waals surface area contributed by atoms with Gasteiger partial charge >= 0.3 is 0 Å². The first-order valence-electron chi connectivity index (χ1n) is 9.75. The minimum absolute atomic E-state index is 0. The van der Waals surface area contributed by atoms with Crippen molar-refractivity contribution >= 4 is 29.2 Å². The van der Waals surface area contributed by atoms with Crippen LogP contribution in [-0.4, -0.2) is 71.6 Å². The second-order valence-corrected chi connectivity index (χ2v) is 7.59. The number of hydrogen-bond acceptors (Lipinski definition) is 6. The van der Waals surface area contributed by atoms with E-state index >= 15 is 0 Å². The molecule has 1 N–H and O–H groups in total. The van der Waals surface area contributed by atoms with E-state index in [0.29, 0.717) is 35.0 Å². The van der Waals surface area contributed by atoms with Gasteiger partial charge in [0.1, 0.15) is 0 Å². The van der Waals surface area contributed by atoms with Crippen molar-refractivity contribution in [3.8, 4) is 11.5 Å². The number of piperazine rings is 1. The van der Waals surface area contributed by atoms with Gasteiger partial charge in [-0.1, -0.05) is 0 Å². The highest BCUT2D eigenvalue weighted by Gasteiger charge is 2.31. The molecule has 1 aromatic heterocycles. The van der Waals surface area contributed by atoms with Crippen molar-refractivity contribution in [1.82, 2.24) is 19.8 Å². The Hall–Kier alpha value is -2.32. The molecule has 2 aromatic rings. The Morgan fingerprint density at radius 3 is 2.55 bits per heavy atom. The molecule has 9 heteroatoms. The van der Waals surface area contributed by atoms with Crippen LogP contribution in [0.25, 0.3) is 10.9 Å². The first kappa shape index (κ1) is 21.4. The van der Waals surface area contributed by atoms with Gasteiger partial charge in [-0.25, -0.2) is 4.98 Å². The molecule has 4 rings (SSSR count). The molecular formula is C20H27ClN4O4. The van der Waals surface area contributed by atoms with Gasteiger partial charge in [0.2, 0.25) is 5.91 Å². The van der Waals surface area contributed by atoms with E-state index in [9.17, 15) is 9.59 Å². The number of halogens is 1. The zero-order valence-corrected chi connectivity index (χ0v) is 17.5. The van der Waals surface area contributed by atoms with Crippen LogP contribution in [0, 0.1) is 0 Å². The van der Waals surface area contributed by atoms with Gasteiger partial charge in [0, 0.05) is 32.2 Å². The zero-order chi connectivity index (χ0) is 19.7. The van der Waals surface area contributed by atoms with Crippen LogP contribution in [0.15, 0.2) is 23.3 Å². The Morgan fingerprint density at radius 2 is 1.86 bits per heavy atom. The van der Waals surface area contributed by atoms with E-state index in [1.54, 1.807) is 24.1 Å². The number of aromatic nitrogens is 2. The molecule has 0 atom stereocenters. The zero-order valence-electron chi connectivity index (χ0n) is 16.7. The van der Waals surface area contributed by atoms with Crippen molar-refractivity contribution < 1.29 is 14.3 Å². The maximum absolute atomic E-state index is 12.1. The van der Waals surface area contributed by atoms with Gasteiger partial charge in [-0.2, -0.15) is 0 Å². The molecule has 2 aliphatic rings. The highest BCUT2D eigenvalue weighted by atomic mass is 35.5. The molecule has 0 spiro atoms. The summed E-state index contributed by atoms with van der Waals surface area (Å²) in [5, 5.41) is 0.489. The Bertz CT molecular complexity index is 926. The lowest BCUT2D eigenvalue weighted by molar-refractivity contribution is -0.135. The molecule has 2 heterocycles. The van der Waals surface area contributed by atoms with E-state index in [4.69, 9.17) is 9.47 Å². The second-order valence-electron chi connectivity index (χ2n) is 7.59. The summed E-state index contributed by atoms with van der Waals surface area (Å²) >= 11 is 0. The van der Waals surface area contributed by atoms with Crippen LogP contribution in [0.2, 0.25) is 0 Å². The molecule has 1 saturated heterocycles. The molecule has 1 aromatic carbocycles. The molecule has 1 aliphatic carbocycles. The van der Waals surface area contributed by atoms with E-state index < -0.39 is 0 Å². The van der Waals surface area contributed by atoms with Crippen LogP contribution in [0.4, 0.5) is 0 Å². The first-order chi connectivity index (χ1) is 13.5. The summed E-state index contributed by atoms with van der Waals surface area (Å²) in [6, 6.07) is 3.88. The molecule has 0 bridgehead atoms. The quantitative estimate of drug-likeness (QED) is 0.808. The van der Waals surface area contributed by atoms with E-state index in [-0.39, 0.29) is 30.0 Å². The summed E-state index contributed by atoms with van der Waals surface area (Å²) in [6.07, 6.45) is 5.28. The van der Waals surface area contributed by atoms with Gasteiger partial charge in [-0.15, -0.1) is 12.4 Å². The lowest BCUT2D eigenvalue weighted by Gasteiger charge is -2.40. The number of ether oxygens (including phenoxy) is 2. The first-order valence-corrected chi connectivity index (χ1v) is 9.75. The molecule has 158 valence electrons. The number of carbonyl (C=O) groups is 1. The molecule has 2 fully saturated rings. The van der Waals surface area contributed by atoms with Gasteiger partial charge in [-0.05, 0) is 31.7 Å². The van der Waals surface area contributed by atoms with Crippen LogP contribution in [0.5, 0.6) is 11.5 Å². The number of aromatic amines is 1. The third-order valence-electron chi connectivity index (χ3n) is 5.87. The topological polar surface area (TPSA) is 87.8 Å². The number of benzene rings is 1. The molecule has 1 saturated carbocycles. The Morgan fingerprint density at radius 1 is 1.10 bits per heavy atom. The Balaban J connectivity index is 0.00000240. The highest BCUT2D eigenvalue weighted by molar-refractivity contribution is 5.85. The molecule has 8 nitrogen and oxygen atoms in total. The monoisotopic (exact) mass is 422 g/mol. The number of carbonyl (C=O) groups excluding carboxylic acids is 1. The molecule has 29 heavy (non-hydrogen) atoms. The van der Waals surface area contributed by atoms with Crippen molar-refractivity contribution in [3.63, 3.8) is 0 Å². The van der Waals surface area contributed by atoms with Crippen LogP contribution < -0.4 is 15.0 Å². The maximum Gasteiger partial charge on any atom is 0.258 e. The summed E-state index contributed by atoms with van der Waals surface area (Å²) in [4.78, 5) is 34.9. The summed E-state index contributed by atoms with van der Waals surface area (Å²) in [6.45, 7) is 2.25. The number of H-pyrrole nitrogens is 1. The van der Waals surface area contributed by atoms with Gasteiger partial charge in [0.05, 0.1) is 37.0 Å². The average molecular weight is 423 g/mol. The van der Waals surface area contributed by atoms with Crippen molar-refractivity contribution in [1.29, 1.82) is 0 Å². The molecule has 0 unspecified atom stereocenters. The van der Waals surface area contributed by atoms with Crippen LogP contribution in [0.1, 0.15) is 25.7 Å². The fraction of sp³-hybridized carbons (Fsp3) is 0.550. The van der Waals surface area contributed by atoms with E-state index in [1.807, 2.05) is 7.05 Å². The van der Waals surface area contributed by atoms with Crippen LogP contribution >= 0.6 is 12.4 Å². The predicted octanol–water partition coefficient (Wildman–Crippen LogP) is 1.82. The average Bonchev–Trinajstić information content (AvgIpc) is 2.71. The van der Waals surface area contributed by atoms with E-state index in [1.165, 1.54) is 6.33 Å². The summed E-state index contributed by atoms with van der Waals surface area (Å²) in [5.41, 5.74) is 0.386. The predicted molar refractivity (Wildman–Crippen MR) is 112 cm³/mol. The Labute approximate surface area is 175 Å². The minimum atomic E-state index is -0.194. The fourth-order valence-corrected chi connectivity index (χ4v) is 4.12. The lowest BCUT2D eigenvalue weighted by Crippen LogP contribution is -2.53.